The number of nitrogens with two attached hydrogens (primary N) is 1. The van der Waals surface area contributed by atoms with Crippen LogP contribution >= 0.6 is 0 Å². The number of primary amides is 1. The molecule has 0 aromatic heterocycles. The first-order valence-corrected chi connectivity index (χ1v) is 14.5. The molecule has 2 aromatic carbocycles. The van der Waals surface area contributed by atoms with E-state index < -0.39 is 94.6 Å². The molecule has 242 valence electrons. The number of benzene rings is 2. The number of fused-ring (bicyclic) bond motifs is 3. The maximum atomic E-state index is 14.0. The number of esters is 1. The van der Waals surface area contributed by atoms with Crippen LogP contribution in [0.3, 0.4) is 0 Å². The van der Waals surface area contributed by atoms with Gasteiger partial charge in [-0.3, -0.25) is 33.7 Å². The quantitative estimate of drug-likeness (QED) is 0.178. The van der Waals surface area contributed by atoms with Crippen molar-refractivity contribution < 1.29 is 53.6 Å². The number of rotatable bonds is 7. The molecule has 0 spiro atoms. The Morgan fingerprint density at radius 2 is 1.80 bits per heavy atom. The molecule has 14 nitrogen and oxygen atoms in total. The van der Waals surface area contributed by atoms with Gasteiger partial charge in [-0.25, -0.2) is 4.79 Å². The van der Waals surface area contributed by atoms with Gasteiger partial charge >= 0.3 is 5.97 Å². The number of hydrogen-bond acceptors (Lipinski definition) is 12. The maximum Gasteiger partial charge on any atom is 0.330 e. The lowest BCUT2D eigenvalue weighted by atomic mass is 9.52. The Morgan fingerprint density at radius 3 is 2.41 bits per heavy atom. The fourth-order valence-electron chi connectivity index (χ4n) is 7.27. The molecule has 2 amide bonds. The summed E-state index contributed by atoms with van der Waals surface area (Å²) in [7, 11) is 4.12. The lowest BCUT2D eigenvalue weighted by molar-refractivity contribution is -0.181. The van der Waals surface area contributed by atoms with E-state index in [2.05, 4.69) is 10.1 Å². The second-order valence-corrected chi connectivity index (χ2v) is 12.1. The van der Waals surface area contributed by atoms with Gasteiger partial charge in [-0.1, -0.05) is 18.2 Å². The monoisotopic (exact) mass is 635 g/mol. The van der Waals surface area contributed by atoms with E-state index >= 15 is 0 Å². The summed E-state index contributed by atoms with van der Waals surface area (Å²) in [6.07, 6.45) is -0.0849. The summed E-state index contributed by atoms with van der Waals surface area (Å²) >= 11 is 0. The van der Waals surface area contributed by atoms with E-state index in [1.807, 2.05) is 0 Å². The number of methoxy groups -OCH3 is 1. The number of ether oxygens (including phenoxy) is 1. The van der Waals surface area contributed by atoms with Gasteiger partial charge in [0.05, 0.1) is 31.2 Å². The minimum atomic E-state index is -2.83. The van der Waals surface area contributed by atoms with Gasteiger partial charge in [0.2, 0.25) is 5.91 Å². The minimum Gasteiger partial charge on any atom is -0.507 e. The third-order valence-electron chi connectivity index (χ3n) is 9.35. The van der Waals surface area contributed by atoms with Crippen molar-refractivity contribution >= 4 is 40.9 Å². The molecule has 0 aliphatic heterocycles. The first kappa shape index (κ1) is 32.6. The van der Waals surface area contributed by atoms with Crippen LogP contribution in [-0.2, 0) is 35.1 Å². The fraction of sp³-hybridized carbons (Fsp3) is 0.406. The second-order valence-electron chi connectivity index (χ2n) is 12.1. The van der Waals surface area contributed by atoms with Crippen molar-refractivity contribution in [1.29, 1.82) is 0 Å². The predicted octanol–water partition coefficient (Wildman–Crippen LogP) is -1.20. The number of nitrogens with one attached hydrogen (secondary N) is 1. The van der Waals surface area contributed by atoms with Gasteiger partial charge in [-0.05, 0) is 67.7 Å². The maximum absolute atomic E-state index is 14.0. The van der Waals surface area contributed by atoms with Crippen LogP contribution in [0.5, 0.6) is 5.75 Å². The van der Waals surface area contributed by atoms with Gasteiger partial charge in [0.25, 0.3) is 5.91 Å². The summed E-state index contributed by atoms with van der Waals surface area (Å²) in [5.74, 6) is -13.1. The van der Waals surface area contributed by atoms with Gasteiger partial charge in [-0.2, -0.15) is 0 Å². The molecule has 7 atom stereocenters. The smallest absolute Gasteiger partial charge is 0.330 e. The number of likely N-dealkylation sites (N-methyl/N-ethyl adjacent to an activating group) is 1. The van der Waals surface area contributed by atoms with E-state index in [0.717, 1.165) is 7.11 Å². The molecule has 0 radical (unpaired) electrons. The van der Waals surface area contributed by atoms with Crippen LogP contribution in [-0.4, -0.2) is 107 Å². The number of aliphatic hydroxyl groups is 2. The van der Waals surface area contributed by atoms with Crippen molar-refractivity contribution in [2.45, 2.75) is 30.5 Å². The molecule has 2 saturated carbocycles. The van der Waals surface area contributed by atoms with Gasteiger partial charge in [-0.15, -0.1) is 0 Å². The number of hydrogen-bond donors (Lipinski definition) is 5. The van der Waals surface area contributed by atoms with Crippen molar-refractivity contribution in [2.24, 2.45) is 29.4 Å². The normalized spacial score (nSPS) is 27.7. The average molecular weight is 636 g/mol. The largest absolute Gasteiger partial charge is 0.507 e. The molecule has 5 rings (SSSR count). The lowest BCUT2D eigenvalue weighted by Crippen LogP contribution is -2.74. The number of nitrogens with zero attached hydrogens (tertiary/aromatic N) is 1. The number of carbonyl (C=O) groups excluding carboxylic acids is 7. The van der Waals surface area contributed by atoms with Crippen molar-refractivity contribution in [3.05, 3.63) is 53.1 Å². The van der Waals surface area contributed by atoms with E-state index in [1.165, 1.54) is 37.2 Å². The number of ketones is 4. The summed E-state index contributed by atoms with van der Waals surface area (Å²) in [4.78, 5) is 93.1. The van der Waals surface area contributed by atoms with Crippen LogP contribution in [0, 0.1) is 23.7 Å². The highest BCUT2D eigenvalue weighted by Crippen LogP contribution is 2.51. The Morgan fingerprint density at radius 1 is 1.11 bits per heavy atom. The third kappa shape index (κ3) is 4.89. The zero-order chi connectivity index (χ0) is 33.8. The Balaban J connectivity index is 1.57. The van der Waals surface area contributed by atoms with Crippen LogP contribution in [0.1, 0.15) is 32.7 Å². The number of Topliss-reactive ketones (excluding diaryl/α,β-unsaturated/α-hetero) is 4. The first-order chi connectivity index (χ1) is 21.7. The molecule has 0 bridgehead atoms. The van der Waals surface area contributed by atoms with Gasteiger partial charge < -0.3 is 31.1 Å². The highest BCUT2D eigenvalue weighted by Gasteiger charge is 2.69. The topological polar surface area (TPSA) is 231 Å². The molecule has 0 heterocycles. The first-order valence-electron chi connectivity index (χ1n) is 14.5. The molecule has 46 heavy (non-hydrogen) atoms. The van der Waals surface area contributed by atoms with E-state index in [4.69, 9.17) is 5.73 Å². The van der Waals surface area contributed by atoms with Crippen LogP contribution in [0.25, 0.3) is 11.1 Å². The number of phenols is 1. The fourth-order valence-corrected chi connectivity index (χ4v) is 7.27. The summed E-state index contributed by atoms with van der Waals surface area (Å²) < 4.78 is 4.58. The number of amides is 2. The Kier molecular flexibility index (Phi) is 8.40. The van der Waals surface area contributed by atoms with Crippen molar-refractivity contribution in [3.8, 4) is 16.9 Å². The van der Waals surface area contributed by atoms with Crippen molar-refractivity contribution in [2.75, 3.05) is 27.8 Å². The minimum absolute atomic E-state index is 0.0287. The predicted molar refractivity (Wildman–Crippen MR) is 157 cm³/mol. The van der Waals surface area contributed by atoms with E-state index in [-0.39, 0.29) is 24.0 Å². The van der Waals surface area contributed by atoms with E-state index in [1.54, 1.807) is 18.2 Å². The third-order valence-corrected chi connectivity index (χ3v) is 9.35. The summed E-state index contributed by atoms with van der Waals surface area (Å²) in [5.41, 5.74) is 3.69. The number of phenolic OH excluding ortho intramolecular Hbond substituents is 1. The van der Waals surface area contributed by atoms with E-state index in [0.29, 0.717) is 16.7 Å². The van der Waals surface area contributed by atoms with Crippen LogP contribution < -0.4 is 11.1 Å². The zero-order valence-electron chi connectivity index (χ0n) is 25.2. The average Bonchev–Trinajstić information content (AvgIpc) is 3.01. The molecule has 4 unspecified atom stereocenters. The van der Waals surface area contributed by atoms with Crippen molar-refractivity contribution in [3.63, 3.8) is 0 Å². The SMILES string of the molecule is COC(=O)C(CO)NC(=O)c1cccc(-c2ccc(O)c3c2C[C@@H]2C[C@@H]4C(N(C)C)C(=O)C(C(N)=O)C(=O)[C@]4(O)C(=O)C2C3=O)c1. The summed E-state index contributed by atoms with van der Waals surface area (Å²) in [6.45, 7) is -0.696. The molecular formula is C32H33N3O11. The molecular weight excluding hydrogens is 602 g/mol. The van der Waals surface area contributed by atoms with Gasteiger partial charge in [0, 0.05) is 11.5 Å². The summed E-state index contributed by atoms with van der Waals surface area (Å²) in [5, 5.41) is 34.4. The van der Waals surface area contributed by atoms with Crippen molar-refractivity contribution in [1.82, 2.24) is 10.2 Å². The number of aromatic hydroxyl groups is 1. The standard InChI is InChI=1S/C32H33N3O11/c1-35(2)24-18-11-15-10-17-16(13-5-4-6-14(9-13)30(43)34-19(12-36)31(44)46-3)7-8-20(37)22(17)25(38)21(15)27(40)32(18,45)28(41)23(26(24)39)29(33)42/h4-9,15,18-19,21,23-24,36-37,45H,10-12H2,1-3H3,(H2,33,42)(H,34,43)/t15-,18-,19?,21?,23?,24?,32-/m1/s1. The molecule has 6 N–H and O–H groups in total. The molecule has 2 fully saturated rings. The highest BCUT2D eigenvalue weighted by molar-refractivity contribution is 6.32. The number of carbonyl (C=O) groups is 7. The van der Waals surface area contributed by atoms with Gasteiger partial charge in [0.15, 0.2) is 40.7 Å². The molecule has 2 aromatic rings. The lowest BCUT2D eigenvalue weighted by Gasteiger charge is -2.52. The Hall–Kier alpha value is -4.79. The second kappa shape index (κ2) is 11.9. The van der Waals surface area contributed by atoms with Gasteiger partial charge in [0.1, 0.15) is 5.75 Å². The zero-order valence-corrected chi connectivity index (χ0v) is 25.2. The molecule has 3 aliphatic rings. The molecule has 0 saturated heterocycles. The summed E-state index contributed by atoms with van der Waals surface area (Å²) in [6, 6.07) is 6.42. The highest BCUT2D eigenvalue weighted by atomic mass is 16.5. The van der Waals surface area contributed by atoms with Crippen LogP contribution in [0.4, 0.5) is 0 Å². The Labute approximate surface area is 262 Å². The molecule has 14 heteroatoms. The van der Waals surface area contributed by atoms with Crippen LogP contribution in [0.2, 0.25) is 0 Å². The van der Waals surface area contributed by atoms with Crippen LogP contribution in [0.15, 0.2) is 36.4 Å². The van der Waals surface area contributed by atoms with E-state index in [9.17, 15) is 48.9 Å². The number of aliphatic hydroxyl groups excluding tert-OH is 1. The Bertz CT molecular complexity index is 1700. The molecule has 3 aliphatic carbocycles.